The van der Waals surface area contributed by atoms with Crippen LogP contribution in [0.25, 0.3) is 0 Å². The molecule has 0 radical (unpaired) electrons. The number of anilines is 1. The van der Waals surface area contributed by atoms with Gasteiger partial charge in [-0.05, 0) is 48.2 Å². The minimum absolute atomic E-state index is 0.0763. The zero-order valence-electron chi connectivity index (χ0n) is 12.9. The number of likely N-dealkylation sites (N-methyl/N-ethyl adjacent to an activating group) is 1. The van der Waals surface area contributed by atoms with Gasteiger partial charge in [-0.2, -0.15) is 0 Å². The molecule has 0 fully saturated rings. The predicted molar refractivity (Wildman–Crippen MR) is 87.4 cm³/mol. The highest BCUT2D eigenvalue weighted by Gasteiger charge is 2.12. The highest BCUT2D eigenvalue weighted by molar-refractivity contribution is 5.94. The van der Waals surface area contributed by atoms with Crippen LogP contribution in [0.1, 0.15) is 22.3 Å². The number of benzene rings is 2. The standard InChI is InChI=1S/C18H22N2O/c1-13-7-8-15(9-14(13)2)11-18(21)20(3)17-6-4-5-16(10-17)12-19/h4-10H,11-12,19H2,1-3H3. The van der Waals surface area contributed by atoms with Gasteiger partial charge in [0.25, 0.3) is 0 Å². The van der Waals surface area contributed by atoms with Gasteiger partial charge in [-0.3, -0.25) is 4.79 Å². The van der Waals surface area contributed by atoms with Crippen molar-refractivity contribution in [1.29, 1.82) is 0 Å². The van der Waals surface area contributed by atoms with Gasteiger partial charge >= 0.3 is 0 Å². The SMILES string of the molecule is Cc1ccc(CC(=O)N(C)c2cccc(CN)c2)cc1C. The normalized spacial score (nSPS) is 10.5. The van der Waals surface area contributed by atoms with Crippen molar-refractivity contribution in [2.75, 3.05) is 11.9 Å². The van der Waals surface area contributed by atoms with Crippen LogP contribution in [0.2, 0.25) is 0 Å². The third-order valence-corrected chi connectivity index (χ3v) is 3.83. The lowest BCUT2D eigenvalue weighted by atomic mass is 10.0. The number of nitrogens with two attached hydrogens (primary N) is 1. The molecule has 1 amide bonds. The van der Waals surface area contributed by atoms with Crippen LogP contribution in [0.4, 0.5) is 5.69 Å². The lowest BCUT2D eigenvalue weighted by Gasteiger charge is -2.18. The first-order valence-electron chi connectivity index (χ1n) is 7.13. The summed E-state index contributed by atoms with van der Waals surface area (Å²) in [5.41, 5.74) is 11.1. The van der Waals surface area contributed by atoms with E-state index >= 15 is 0 Å². The van der Waals surface area contributed by atoms with E-state index in [1.54, 1.807) is 11.9 Å². The van der Waals surface area contributed by atoms with E-state index in [9.17, 15) is 4.79 Å². The molecular formula is C18H22N2O. The fraction of sp³-hybridized carbons (Fsp3) is 0.278. The molecule has 0 aliphatic heterocycles. The van der Waals surface area contributed by atoms with Gasteiger partial charge in [0.1, 0.15) is 0 Å². The van der Waals surface area contributed by atoms with Crippen molar-refractivity contribution in [3.8, 4) is 0 Å². The van der Waals surface area contributed by atoms with Gasteiger partial charge in [-0.25, -0.2) is 0 Å². The van der Waals surface area contributed by atoms with Crippen molar-refractivity contribution < 1.29 is 4.79 Å². The topological polar surface area (TPSA) is 46.3 Å². The number of hydrogen-bond donors (Lipinski definition) is 1. The van der Waals surface area contributed by atoms with Gasteiger partial charge in [0, 0.05) is 19.3 Å². The first kappa shape index (κ1) is 15.3. The molecule has 0 saturated carbocycles. The molecule has 0 aliphatic carbocycles. The highest BCUT2D eigenvalue weighted by atomic mass is 16.2. The second-order valence-corrected chi connectivity index (χ2v) is 5.42. The molecule has 0 aliphatic rings. The molecule has 2 N–H and O–H groups in total. The Morgan fingerprint density at radius 2 is 1.81 bits per heavy atom. The maximum atomic E-state index is 12.4. The summed E-state index contributed by atoms with van der Waals surface area (Å²) in [6.45, 7) is 4.62. The van der Waals surface area contributed by atoms with E-state index in [0.717, 1.165) is 16.8 Å². The predicted octanol–water partition coefficient (Wildman–Crippen LogP) is 2.97. The Bertz CT molecular complexity index is 649. The lowest BCUT2D eigenvalue weighted by Crippen LogP contribution is -2.28. The van der Waals surface area contributed by atoms with Gasteiger partial charge in [-0.15, -0.1) is 0 Å². The van der Waals surface area contributed by atoms with E-state index in [1.165, 1.54) is 11.1 Å². The Kier molecular flexibility index (Phi) is 4.76. The van der Waals surface area contributed by atoms with Crippen LogP contribution in [0.5, 0.6) is 0 Å². The first-order chi connectivity index (χ1) is 10.0. The molecule has 0 spiro atoms. The van der Waals surface area contributed by atoms with Crippen LogP contribution in [0.15, 0.2) is 42.5 Å². The largest absolute Gasteiger partial charge is 0.326 e. The van der Waals surface area contributed by atoms with Crippen LogP contribution >= 0.6 is 0 Å². The van der Waals surface area contributed by atoms with Gasteiger partial charge in [0.15, 0.2) is 0 Å². The number of carbonyl (C=O) groups excluding carboxylic acids is 1. The molecule has 0 unspecified atom stereocenters. The van der Waals surface area contributed by atoms with E-state index < -0.39 is 0 Å². The van der Waals surface area contributed by atoms with Crippen molar-refractivity contribution in [3.63, 3.8) is 0 Å². The Balaban J connectivity index is 2.13. The third-order valence-electron chi connectivity index (χ3n) is 3.83. The lowest BCUT2D eigenvalue weighted by molar-refractivity contribution is -0.117. The summed E-state index contributed by atoms with van der Waals surface area (Å²) in [5, 5.41) is 0. The van der Waals surface area contributed by atoms with E-state index in [4.69, 9.17) is 5.73 Å². The first-order valence-corrected chi connectivity index (χ1v) is 7.13. The van der Waals surface area contributed by atoms with Crippen molar-refractivity contribution in [2.24, 2.45) is 5.73 Å². The molecule has 110 valence electrons. The number of aryl methyl sites for hydroxylation is 2. The minimum atomic E-state index is 0.0763. The van der Waals surface area contributed by atoms with Crippen LogP contribution in [0, 0.1) is 13.8 Å². The maximum absolute atomic E-state index is 12.4. The zero-order valence-corrected chi connectivity index (χ0v) is 12.9. The zero-order chi connectivity index (χ0) is 15.4. The third kappa shape index (κ3) is 3.70. The Labute approximate surface area is 126 Å². The molecule has 2 aromatic rings. The Morgan fingerprint density at radius 3 is 2.48 bits per heavy atom. The van der Waals surface area contributed by atoms with Crippen LogP contribution in [0.3, 0.4) is 0 Å². The molecule has 2 aromatic carbocycles. The van der Waals surface area contributed by atoms with Gasteiger partial charge in [0.2, 0.25) is 5.91 Å². The molecule has 3 heteroatoms. The number of carbonyl (C=O) groups is 1. The van der Waals surface area contributed by atoms with Gasteiger partial charge in [0.05, 0.1) is 6.42 Å². The molecular weight excluding hydrogens is 260 g/mol. The van der Waals surface area contributed by atoms with E-state index in [2.05, 4.69) is 26.0 Å². The summed E-state index contributed by atoms with van der Waals surface area (Å²) in [4.78, 5) is 14.1. The van der Waals surface area contributed by atoms with Crippen molar-refractivity contribution in [1.82, 2.24) is 0 Å². The van der Waals surface area contributed by atoms with Crippen molar-refractivity contribution >= 4 is 11.6 Å². The van der Waals surface area contributed by atoms with Crippen LogP contribution < -0.4 is 10.6 Å². The second-order valence-electron chi connectivity index (χ2n) is 5.42. The summed E-state index contributed by atoms with van der Waals surface area (Å²) < 4.78 is 0. The molecule has 2 rings (SSSR count). The maximum Gasteiger partial charge on any atom is 0.231 e. The van der Waals surface area contributed by atoms with E-state index in [-0.39, 0.29) is 5.91 Å². The monoisotopic (exact) mass is 282 g/mol. The van der Waals surface area contributed by atoms with Crippen molar-refractivity contribution in [2.45, 2.75) is 26.8 Å². The highest BCUT2D eigenvalue weighted by Crippen LogP contribution is 2.17. The number of hydrogen-bond acceptors (Lipinski definition) is 2. The Hall–Kier alpha value is -2.13. The van der Waals surface area contributed by atoms with Crippen LogP contribution in [-0.4, -0.2) is 13.0 Å². The second kappa shape index (κ2) is 6.55. The molecule has 3 nitrogen and oxygen atoms in total. The molecule has 0 heterocycles. The number of amides is 1. The number of nitrogens with zero attached hydrogens (tertiary/aromatic N) is 1. The average Bonchev–Trinajstić information content (AvgIpc) is 2.50. The Morgan fingerprint density at radius 1 is 1.05 bits per heavy atom. The fourth-order valence-corrected chi connectivity index (χ4v) is 2.24. The van der Waals surface area contributed by atoms with Gasteiger partial charge < -0.3 is 10.6 Å². The van der Waals surface area contributed by atoms with E-state index in [1.807, 2.05) is 30.3 Å². The molecule has 0 bridgehead atoms. The smallest absolute Gasteiger partial charge is 0.231 e. The summed E-state index contributed by atoms with van der Waals surface area (Å²) >= 11 is 0. The van der Waals surface area contributed by atoms with Crippen molar-refractivity contribution in [3.05, 3.63) is 64.7 Å². The summed E-state index contributed by atoms with van der Waals surface area (Å²) in [7, 11) is 1.80. The molecule has 0 atom stereocenters. The quantitative estimate of drug-likeness (QED) is 0.937. The number of rotatable bonds is 4. The molecule has 0 saturated heterocycles. The summed E-state index contributed by atoms with van der Waals surface area (Å²) in [6, 6.07) is 13.9. The molecule has 21 heavy (non-hydrogen) atoms. The van der Waals surface area contributed by atoms with E-state index in [0.29, 0.717) is 13.0 Å². The average molecular weight is 282 g/mol. The van der Waals surface area contributed by atoms with Gasteiger partial charge in [-0.1, -0.05) is 30.3 Å². The molecule has 0 aromatic heterocycles. The van der Waals surface area contributed by atoms with Crippen LogP contribution in [-0.2, 0) is 17.8 Å². The fourth-order valence-electron chi connectivity index (χ4n) is 2.24. The summed E-state index contributed by atoms with van der Waals surface area (Å²) in [5.74, 6) is 0.0763. The summed E-state index contributed by atoms with van der Waals surface area (Å²) in [6.07, 6.45) is 0.407. The minimum Gasteiger partial charge on any atom is -0.326 e.